The third kappa shape index (κ3) is 3.65. The van der Waals surface area contributed by atoms with Crippen molar-refractivity contribution < 1.29 is 4.74 Å². The highest BCUT2D eigenvalue weighted by Gasteiger charge is 2.23. The fraction of sp³-hybridized carbons (Fsp3) is 0.368. The summed E-state index contributed by atoms with van der Waals surface area (Å²) in [6.45, 7) is 4.84. The van der Waals surface area contributed by atoms with E-state index in [0.717, 1.165) is 25.3 Å². The van der Waals surface area contributed by atoms with Gasteiger partial charge in [-0.15, -0.1) is 0 Å². The fourth-order valence-electron chi connectivity index (χ4n) is 2.86. The monoisotopic (exact) mass is 328 g/mol. The first-order valence-electron chi connectivity index (χ1n) is 8.15. The smallest absolute Gasteiger partial charge is 0.120 e. The van der Waals surface area contributed by atoms with Crippen molar-refractivity contribution in [3.05, 3.63) is 42.5 Å². The fourth-order valence-corrected chi connectivity index (χ4v) is 3.98. The molecule has 23 heavy (non-hydrogen) atoms. The van der Waals surface area contributed by atoms with E-state index in [1.807, 2.05) is 18.7 Å². The average molecular weight is 328 g/mol. The van der Waals surface area contributed by atoms with Crippen molar-refractivity contribution in [2.45, 2.75) is 23.1 Å². The number of ether oxygens (including phenoxy) is 1. The molecule has 2 aromatic carbocycles. The zero-order valence-corrected chi connectivity index (χ0v) is 14.9. The molecule has 0 aliphatic carbocycles. The first-order chi connectivity index (χ1) is 11.2. The maximum Gasteiger partial charge on any atom is 0.120 e. The number of anilines is 2. The summed E-state index contributed by atoms with van der Waals surface area (Å²) < 4.78 is 5.67. The normalized spacial score (nSPS) is 13.0. The van der Waals surface area contributed by atoms with Gasteiger partial charge in [0.15, 0.2) is 0 Å². The van der Waals surface area contributed by atoms with Crippen LogP contribution in [-0.2, 0) is 0 Å². The van der Waals surface area contributed by atoms with Crippen molar-refractivity contribution >= 4 is 23.1 Å². The van der Waals surface area contributed by atoms with Crippen molar-refractivity contribution in [2.24, 2.45) is 0 Å². The maximum atomic E-state index is 5.67. The molecule has 0 saturated heterocycles. The van der Waals surface area contributed by atoms with Gasteiger partial charge in [0.25, 0.3) is 0 Å². The summed E-state index contributed by atoms with van der Waals surface area (Å²) >= 11 is 1.83. The Kier molecular flexibility index (Phi) is 5.13. The largest absolute Gasteiger partial charge is 0.494 e. The van der Waals surface area contributed by atoms with E-state index in [1.165, 1.54) is 21.2 Å². The Morgan fingerprint density at radius 1 is 1.04 bits per heavy atom. The van der Waals surface area contributed by atoms with Gasteiger partial charge in [-0.25, -0.2) is 0 Å². The molecule has 1 aliphatic rings. The highest BCUT2D eigenvalue weighted by molar-refractivity contribution is 7.99. The second-order valence-corrected chi connectivity index (χ2v) is 7.02. The Morgan fingerprint density at radius 2 is 1.83 bits per heavy atom. The zero-order valence-electron chi connectivity index (χ0n) is 14.1. The number of nitrogens with zero attached hydrogens (tertiary/aromatic N) is 2. The molecule has 0 N–H and O–H groups in total. The van der Waals surface area contributed by atoms with E-state index in [1.54, 1.807) is 0 Å². The molecule has 4 heteroatoms. The van der Waals surface area contributed by atoms with Crippen LogP contribution in [0.3, 0.4) is 0 Å². The van der Waals surface area contributed by atoms with Gasteiger partial charge in [-0.05, 0) is 64.3 Å². The van der Waals surface area contributed by atoms with E-state index in [2.05, 4.69) is 66.4 Å². The molecular formula is C19H24N2OS. The van der Waals surface area contributed by atoms with Crippen LogP contribution in [0, 0.1) is 0 Å². The van der Waals surface area contributed by atoms with E-state index < -0.39 is 0 Å². The second-order valence-electron chi connectivity index (χ2n) is 5.94. The quantitative estimate of drug-likeness (QED) is 0.767. The minimum atomic E-state index is 0.701. The van der Waals surface area contributed by atoms with E-state index in [9.17, 15) is 0 Å². The van der Waals surface area contributed by atoms with Crippen molar-refractivity contribution in [3.63, 3.8) is 0 Å². The molecule has 0 fully saturated rings. The van der Waals surface area contributed by atoms with Gasteiger partial charge in [-0.1, -0.05) is 23.9 Å². The predicted molar refractivity (Wildman–Crippen MR) is 98.4 cm³/mol. The molecule has 0 amide bonds. The molecule has 0 saturated carbocycles. The number of hydrogen-bond acceptors (Lipinski definition) is 4. The van der Waals surface area contributed by atoms with Crippen LogP contribution >= 0.6 is 11.8 Å². The van der Waals surface area contributed by atoms with E-state index in [0.29, 0.717) is 6.61 Å². The Morgan fingerprint density at radius 3 is 2.61 bits per heavy atom. The summed E-state index contributed by atoms with van der Waals surface area (Å²) in [4.78, 5) is 7.28. The number of para-hydroxylation sites is 1. The predicted octanol–water partition coefficient (Wildman–Crippen LogP) is 4.64. The number of benzene rings is 2. The van der Waals surface area contributed by atoms with Gasteiger partial charge in [0, 0.05) is 16.3 Å². The number of hydrogen-bond donors (Lipinski definition) is 0. The molecule has 0 unspecified atom stereocenters. The summed E-state index contributed by atoms with van der Waals surface area (Å²) in [6.07, 6.45) is 1.14. The standard InChI is InChI=1S/C19H24N2OS/c1-4-22-15-10-11-17-19(14-15)23-18-9-6-5-8-16(18)21(17)13-7-12-20(2)3/h5-6,8-11,14H,4,7,12-13H2,1-3H3. The molecule has 0 atom stereocenters. The Hall–Kier alpha value is -1.65. The van der Waals surface area contributed by atoms with Crippen LogP contribution in [0.5, 0.6) is 5.75 Å². The highest BCUT2D eigenvalue weighted by Crippen LogP contribution is 2.49. The maximum absolute atomic E-state index is 5.67. The lowest BCUT2D eigenvalue weighted by molar-refractivity contribution is 0.339. The van der Waals surface area contributed by atoms with Crippen LogP contribution < -0.4 is 9.64 Å². The minimum absolute atomic E-state index is 0.701. The highest BCUT2D eigenvalue weighted by atomic mass is 32.2. The first-order valence-corrected chi connectivity index (χ1v) is 8.96. The van der Waals surface area contributed by atoms with Crippen molar-refractivity contribution in [3.8, 4) is 5.75 Å². The van der Waals surface area contributed by atoms with E-state index >= 15 is 0 Å². The average Bonchev–Trinajstić information content (AvgIpc) is 2.54. The van der Waals surface area contributed by atoms with E-state index in [-0.39, 0.29) is 0 Å². The third-order valence-corrected chi connectivity index (χ3v) is 5.01. The lowest BCUT2D eigenvalue weighted by atomic mass is 10.2. The second kappa shape index (κ2) is 7.28. The zero-order chi connectivity index (χ0) is 16.2. The van der Waals surface area contributed by atoms with Gasteiger partial charge in [-0.3, -0.25) is 0 Å². The lowest BCUT2D eigenvalue weighted by Crippen LogP contribution is -2.25. The molecule has 3 nitrogen and oxygen atoms in total. The Bertz CT molecular complexity index is 672. The van der Waals surface area contributed by atoms with Gasteiger partial charge in [0.1, 0.15) is 5.75 Å². The van der Waals surface area contributed by atoms with Gasteiger partial charge >= 0.3 is 0 Å². The van der Waals surface area contributed by atoms with Crippen LogP contribution in [0.2, 0.25) is 0 Å². The molecule has 0 radical (unpaired) electrons. The minimum Gasteiger partial charge on any atom is -0.494 e. The summed E-state index contributed by atoms with van der Waals surface area (Å²) in [7, 11) is 4.25. The van der Waals surface area contributed by atoms with Crippen LogP contribution in [0.4, 0.5) is 11.4 Å². The Labute approximate surface area is 143 Å². The SMILES string of the molecule is CCOc1ccc2c(c1)Sc1ccccc1N2CCCN(C)C. The third-order valence-electron chi connectivity index (χ3n) is 3.90. The molecule has 3 rings (SSSR count). The molecule has 0 aromatic heterocycles. The molecule has 1 aliphatic heterocycles. The molecular weight excluding hydrogens is 304 g/mol. The van der Waals surface area contributed by atoms with Crippen molar-refractivity contribution in [1.82, 2.24) is 4.90 Å². The van der Waals surface area contributed by atoms with Crippen LogP contribution in [0.1, 0.15) is 13.3 Å². The van der Waals surface area contributed by atoms with Crippen molar-refractivity contribution in [1.29, 1.82) is 0 Å². The topological polar surface area (TPSA) is 15.7 Å². The summed E-state index contributed by atoms with van der Waals surface area (Å²) in [5.74, 6) is 0.950. The Balaban J connectivity index is 1.91. The number of fused-ring (bicyclic) bond motifs is 2. The van der Waals surface area contributed by atoms with Crippen LogP contribution in [0.25, 0.3) is 0 Å². The van der Waals surface area contributed by atoms with E-state index in [4.69, 9.17) is 4.74 Å². The summed E-state index contributed by atoms with van der Waals surface area (Å²) in [5.41, 5.74) is 2.60. The van der Waals surface area contributed by atoms with Crippen molar-refractivity contribution in [2.75, 3.05) is 38.7 Å². The van der Waals surface area contributed by atoms with Gasteiger partial charge in [0.2, 0.25) is 0 Å². The van der Waals surface area contributed by atoms with Crippen LogP contribution in [0.15, 0.2) is 52.3 Å². The number of rotatable bonds is 6. The first kappa shape index (κ1) is 16.2. The molecule has 122 valence electrons. The lowest BCUT2D eigenvalue weighted by Gasteiger charge is -2.33. The van der Waals surface area contributed by atoms with Gasteiger partial charge < -0.3 is 14.5 Å². The van der Waals surface area contributed by atoms with Crippen LogP contribution in [-0.4, -0.2) is 38.7 Å². The van der Waals surface area contributed by atoms with Gasteiger partial charge in [-0.2, -0.15) is 0 Å². The molecule has 1 heterocycles. The van der Waals surface area contributed by atoms with Gasteiger partial charge in [0.05, 0.1) is 18.0 Å². The summed E-state index contributed by atoms with van der Waals surface area (Å²) in [6, 6.07) is 15.1. The molecule has 0 spiro atoms. The molecule has 2 aromatic rings. The summed E-state index contributed by atoms with van der Waals surface area (Å²) in [5, 5.41) is 0. The molecule has 0 bridgehead atoms.